The van der Waals surface area contributed by atoms with Crippen LogP contribution in [-0.2, 0) is 6.42 Å². The van der Waals surface area contributed by atoms with E-state index in [4.69, 9.17) is 5.73 Å². The van der Waals surface area contributed by atoms with Gasteiger partial charge in [0.15, 0.2) is 0 Å². The van der Waals surface area contributed by atoms with Crippen LogP contribution in [0.5, 0.6) is 0 Å². The summed E-state index contributed by atoms with van der Waals surface area (Å²) in [6.07, 6.45) is 8.22. The van der Waals surface area contributed by atoms with Crippen molar-refractivity contribution in [1.82, 2.24) is 0 Å². The van der Waals surface area contributed by atoms with Gasteiger partial charge in [-0.25, -0.2) is 0 Å². The van der Waals surface area contributed by atoms with E-state index in [9.17, 15) is 0 Å². The summed E-state index contributed by atoms with van der Waals surface area (Å²) in [6.45, 7) is 6.97. The number of fused-ring (bicyclic) bond motifs is 5. The Morgan fingerprint density at radius 2 is 2.00 bits per heavy atom. The second kappa shape index (κ2) is 5.30. The topological polar surface area (TPSA) is 26.0 Å². The fourth-order valence-corrected chi connectivity index (χ4v) is 6.15. The SMILES string of the molecule is CC#Cc1cc2c(cc1N)CCC1C2CC[C@]2(C)C(C)CCC12. The molecule has 0 saturated heterocycles. The minimum Gasteiger partial charge on any atom is -0.398 e. The lowest BCUT2D eigenvalue weighted by Crippen LogP contribution is -2.41. The van der Waals surface area contributed by atoms with Gasteiger partial charge >= 0.3 is 0 Å². The molecule has 4 rings (SSSR count). The van der Waals surface area contributed by atoms with Crippen LogP contribution < -0.4 is 5.73 Å². The number of rotatable bonds is 0. The third-order valence-corrected chi connectivity index (χ3v) is 7.63. The number of nitrogens with two attached hydrogens (primary N) is 1. The monoisotopic (exact) mass is 307 g/mol. The van der Waals surface area contributed by atoms with Crippen LogP contribution in [0.3, 0.4) is 0 Å². The molecule has 1 nitrogen and oxygen atoms in total. The predicted octanol–water partition coefficient (Wildman–Crippen LogP) is 5.13. The maximum atomic E-state index is 6.22. The largest absolute Gasteiger partial charge is 0.398 e. The Balaban J connectivity index is 1.74. The van der Waals surface area contributed by atoms with Crippen molar-refractivity contribution >= 4 is 5.69 Å². The van der Waals surface area contributed by atoms with Gasteiger partial charge in [-0.2, -0.15) is 0 Å². The van der Waals surface area contributed by atoms with Crippen molar-refractivity contribution in [2.24, 2.45) is 23.2 Å². The van der Waals surface area contributed by atoms with E-state index in [0.29, 0.717) is 5.41 Å². The van der Waals surface area contributed by atoms with Crippen molar-refractivity contribution in [3.05, 3.63) is 28.8 Å². The standard InChI is InChI=1S/C22H29N/c1-4-5-16-12-19-15(13-21(16)23)7-8-18-17(19)10-11-22(3)14(2)6-9-20(18)22/h12-14,17-18,20H,6-11,23H2,1-3H3/t14?,17?,18?,20?,22-/m1/s1. The van der Waals surface area contributed by atoms with Gasteiger partial charge in [0.1, 0.15) is 0 Å². The molecular formula is C22H29N. The molecule has 1 aromatic carbocycles. The third-order valence-electron chi connectivity index (χ3n) is 7.63. The summed E-state index contributed by atoms with van der Waals surface area (Å²) in [4.78, 5) is 0. The minimum absolute atomic E-state index is 0.596. The molecule has 2 fully saturated rings. The number of nitrogen functional groups attached to an aromatic ring is 1. The molecule has 2 saturated carbocycles. The van der Waals surface area contributed by atoms with Crippen molar-refractivity contribution in [2.75, 3.05) is 5.73 Å². The van der Waals surface area contributed by atoms with E-state index in [0.717, 1.165) is 34.9 Å². The van der Waals surface area contributed by atoms with Crippen LogP contribution >= 0.6 is 0 Å². The van der Waals surface area contributed by atoms with Crippen LogP contribution in [0.25, 0.3) is 0 Å². The first-order chi connectivity index (χ1) is 11.0. The molecule has 0 aliphatic heterocycles. The average Bonchev–Trinajstić information content (AvgIpc) is 2.84. The molecule has 0 spiro atoms. The van der Waals surface area contributed by atoms with E-state index in [1.165, 1.54) is 44.1 Å². The second-order valence-corrected chi connectivity index (χ2v) is 8.45. The molecule has 0 bridgehead atoms. The Labute approximate surface area is 141 Å². The van der Waals surface area contributed by atoms with E-state index < -0.39 is 0 Å². The van der Waals surface area contributed by atoms with Crippen molar-refractivity contribution in [3.63, 3.8) is 0 Å². The van der Waals surface area contributed by atoms with Crippen LogP contribution in [0.4, 0.5) is 5.69 Å². The highest BCUT2D eigenvalue weighted by Gasteiger charge is 2.53. The van der Waals surface area contributed by atoms with Crippen LogP contribution in [0, 0.1) is 35.0 Å². The first kappa shape index (κ1) is 15.1. The Kier molecular flexibility index (Phi) is 3.49. The second-order valence-electron chi connectivity index (χ2n) is 8.45. The molecule has 2 N–H and O–H groups in total. The zero-order chi connectivity index (χ0) is 16.2. The summed E-state index contributed by atoms with van der Waals surface area (Å²) in [5.74, 6) is 9.70. The minimum atomic E-state index is 0.596. The maximum Gasteiger partial charge on any atom is 0.0477 e. The first-order valence-electron chi connectivity index (χ1n) is 9.39. The maximum absolute atomic E-state index is 6.22. The zero-order valence-corrected chi connectivity index (χ0v) is 14.8. The van der Waals surface area contributed by atoms with Gasteiger partial charge in [-0.3, -0.25) is 0 Å². The summed E-state index contributed by atoms with van der Waals surface area (Å²) < 4.78 is 0. The molecule has 1 aromatic rings. The summed E-state index contributed by atoms with van der Waals surface area (Å²) in [5, 5.41) is 0. The van der Waals surface area contributed by atoms with Crippen LogP contribution in [-0.4, -0.2) is 0 Å². The van der Waals surface area contributed by atoms with Gasteiger partial charge in [0.2, 0.25) is 0 Å². The first-order valence-corrected chi connectivity index (χ1v) is 9.39. The molecule has 4 unspecified atom stereocenters. The van der Waals surface area contributed by atoms with Crippen LogP contribution in [0.15, 0.2) is 12.1 Å². The Bertz CT molecular complexity index is 692. The van der Waals surface area contributed by atoms with Crippen molar-refractivity contribution in [3.8, 4) is 11.8 Å². The summed E-state index contributed by atoms with van der Waals surface area (Å²) in [5.41, 5.74) is 11.8. The van der Waals surface area contributed by atoms with Crippen molar-refractivity contribution in [1.29, 1.82) is 0 Å². The van der Waals surface area contributed by atoms with E-state index in [-0.39, 0.29) is 0 Å². The predicted molar refractivity (Wildman–Crippen MR) is 97.2 cm³/mol. The summed E-state index contributed by atoms with van der Waals surface area (Å²) in [6, 6.07) is 4.55. The van der Waals surface area contributed by atoms with E-state index in [2.05, 4.69) is 37.8 Å². The normalized spacial score (nSPS) is 38.0. The van der Waals surface area contributed by atoms with E-state index in [1.807, 2.05) is 6.92 Å². The van der Waals surface area contributed by atoms with E-state index in [1.54, 1.807) is 5.56 Å². The molecule has 1 heteroatoms. The van der Waals surface area contributed by atoms with Crippen LogP contribution in [0.2, 0.25) is 0 Å². The highest BCUT2D eigenvalue weighted by Crippen LogP contribution is 2.62. The molecule has 0 aromatic heterocycles. The lowest BCUT2D eigenvalue weighted by atomic mass is 9.54. The molecule has 3 aliphatic carbocycles. The number of hydrogen-bond donors (Lipinski definition) is 1. The number of aryl methyl sites for hydroxylation is 1. The molecular weight excluding hydrogens is 278 g/mol. The van der Waals surface area contributed by atoms with Crippen LogP contribution in [0.1, 0.15) is 75.5 Å². The Morgan fingerprint density at radius 1 is 1.17 bits per heavy atom. The van der Waals surface area contributed by atoms with Gasteiger partial charge in [0.25, 0.3) is 0 Å². The fourth-order valence-electron chi connectivity index (χ4n) is 6.15. The summed E-state index contributed by atoms with van der Waals surface area (Å²) in [7, 11) is 0. The Morgan fingerprint density at radius 3 is 2.78 bits per heavy atom. The number of anilines is 1. The molecule has 122 valence electrons. The molecule has 0 amide bonds. The molecule has 3 aliphatic rings. The van der Waals surface area contributed by atoms with Crippen molar-refractivity contribution in [2.45, 2.75) is 65.2 Å². The van der Waals surface area contributed by atoms with Gasteiger partial charge in [0, 0.05) is 11.3 Å². The van der Waals surface area contributed by atoms with Gasteiger partial charge in [-0.05, 0) is 97.8 Å². The zero-order valence-electron chi connectivity index (χ0n) is 14.8. The highest BCUT2D eigenvalue weighted by atomic mass is 14.6. The molecule has 23 heavy (non-hydrogen) atoms. The molecule has 0 radical (unpaired) electrons. The van der Waals surface area contributed by atoms with Gasteiger partial charge in [-0.1, -0.05) is 19.8 Å². The fraction of sp³-hybridized carbons (Fsp3) is 0.636. The molecule has 0 heterocycles. The lowest BCUT2D eigenvalue weighted by molar-refractivity contribution is 0.0337. The quantitative estimate of drug-likeness (QED) is 0.521. The van der Waals surface area contributed by atoms with Gasteiger partial charge < -0.3 is 5.73 Å². The van der Waals surface area contributed by atoms with Gasteiger partial charge in [-0.15, -0.1) is 5.92 Å². The Hall–Kier alpha value is -1.42. The van der Waals surface area contributed by atoms with Gasteiger partial charge in [0.05, 0.1) is 0 Å². The lowest BCUT2D eigenvalue weighted by Gasteiger charge is -2.50. The number of hydrogen-bond acceptors (Lipinski definition) is 1. The highest BCUT2D eigenvalue weighted by molar-refractivity contribution is 5.60. The number of benzene rings is 1. The summed E-state index contributed by atoms with van der Waals surface area (Å²) >= 11 is 0. The smallest absolute Gasteiger partial charge is 0.0477 e. The van der Waals surface area contributed by atoms with E-state index >= 15 is 0 Å². The average molecular weight is 307 g/mol. The third kappa shape index (κ3) is 2.14. The van der Waals surface area contributed by atoms with Crippen molar-refractivity contribution < 1.29 is 0 Å². The molecule has 5 atom stereocenters.